The Hall–Kier alpha value is -1.38. The van der Waals surface area contributed by atoms with Crippen molar-refractivity contribution in [2.45, 2.75) is 19.3 Å². The average Bonchev–Trinajstić information content (AvgIpc) is 2.94. The van der Waals surface area contributed by atoms with Gasteiger partial charge >= 0.3 is 5.97 Å². The molecule has 0 aromatic heterocycles. The van der Waals surface area contributed by atoms with E-state index in [1.165, 1.54) is 7.11 Å². The second kappa shape index (κ2) is 2.84. The lowest BCUT2D eigenvalue weighted by Crippen LogP contribution is -2.36. The number of fused-ring (bicyclic) bond motifs is 1. The van der Waals surface area contributed by atoms with Gasteiger partial charge in [0.05, 0.1) is 7.11 Å². The number of carbonyl (C=O) groups is 2. The summed E-state index contributed by atoms with van der Waals surface area (Å²) in [7, 11) is 1.37. The second-order valence-electron chi connectivity index (χ2n) is 4.84. The van der Waals surface area contributed by atoms with Crippen molar-refractivity contribution in [2.75, 3.05) is 7.11 Å². The van der Waals surface area contributed by atoms with E-state index in [9.17, 15) is 9.59 Å². The topological polar surface area (TPSA) is 43.4 Å². The molecule has 2 saturated carbocycles. The summed E-state index contributed by atoms with van der Waals surface area (Å²) in [5, 5.41) is 0. The molecule has 84 valence electrons. The average molecular weight is 218 g/mol. The number of carbonyl (C=O) groups excluding carboxylic acids is 2. The number of esters is 1. The molecule has 3 nitrogen and oxygen atoms in total. The number of methoxy groups -OCH3 is 1. The molecule has 0 aromatic rings. The molecule has 3 rings (SSSR count). The number of hydrogen-bond donors (Lipinski definition) is 0. The summed E-state index contributed by atoms with van der Waals surface area (Å²) < 4.78 is 4.86. The molecule has 3 heteroatoms. The van der Waals surface area contributed by atoms with Crippen molar-refractivity contribution in [2.24, 2.45) is 16.7 Å². The van der Waals surface area contributed by atoms with Crippen molar-refractivity contribution in [1.82, 2.24) is 0 Å². The van der Waals surface area contributed by atoms with Gasteiger partial charge in [-0.05, 0) is 12.8 Å². The third kappa shape index (κ3) is 0.784. The van der Waals surface area contributed by atoms with Gasteiger partial charge in [0.2, 0.25) is 0 Å². The zero-order valence-corrected chi connectivity index (χ0v) is 9.23. The van der Waals surface area contributed by atoms with E-state index in [0.717, 1.165) is 12.8 Å². The molecule has 3 aliphatic rings. The second-order valence-corrected chi connectivity index (χ2v) is 4.84. The van der Waals surface area contributed by atoms with E-state index in [1.54, 1.807) is 0 Å². The van der Waals surface area contributed by atoms with Crippen LogP contribution in [0.3, 0.4) is 0 Å². The van der Waals surface area contributed by atoms with Crippen molar-refractivity contribution in [3.8, 4) is 0 Å². The highest BCUT2D eigenvalue weighted by Gasteiger charge is 2.83. The summed E-state index contributed by atoms with van der Waals surface area (Å²) in [6, 6.07) is 0. The van der Waals surface area contributed by atoms with Crippen LogP contribution < -0.4 is 0 Å². The van der Waals surface area contributed by atoms with Gasteiger partial charge < -0.3 is 4.74 Å². The Balaban J connectivity index is 2.13. The molecule has 0 heterocycles. The summed E-state index contributed by atoms with van der Waals surface area (Å²) in [4.78, 5) is 24.1. The van der Waals surface area contributed by atoms with E-state index < -0.39 is 5.41 Å². The van der Waals surface area contributed by atoms with Gasteiger partial charge in [0.15, 0.2) is 5.78 Å². The Bertz CT molecular complexity index is 424. The minimum absolute atomic E-state index is 0.0347. The summed E-state index contributed by atoms with van der Waals surface area (Å²) in [5.41, 5.74) is -1.15. The van der Waals surface area contributed by atoms with Crippen LogP contribution in [0.25, 0.3) is 0 Å². The fraction of sp³-hybridized carbons (Fsp3) is 0.538. The summed E-state index contributed by atoms with van der Waals surface area (Å²) in [5.74, 6) is -0.252. The standard InChI is InChI=1S/C13H14O3/c1-16-11(15)13-9-5-2-3-7-12(9,13)8-4-6-10(13)14/h2-3,5,7,9H,4,6,8H2,1H3. The molecule has 0 aromatic carbocycles. The van der Waals surface area contributed by atoms with Crippen molar-refractivity contribution >= 4 is 11.8 Å². The van der Waals surface area contributed by atoms with E-state index in [1.807, 2.05) is 24.3 Å². The predicted octanol–water partition coefficient (Wildman–Crippen LogP) is 1.64. The molecule has 0 radical (unpaired) electrons. The molecule has 3 unspecified atom stereocenters. The monoisotopic (exact) mass is 218 g/mol. The van der Waals surface area contributed by atoms with Gasteiger partial charge in [-0.15, -0.1) is 0 Å². The SMILES string of the molecule is COC(=O)C12C(=O)CCCC13C=CC=CC32. The van der Waals surface area contributed by atoms with E-state index >= 15 is 0 Å². The van der Waals surface area contributed by atoms with Gasteiger partial charge in [0.1, 0.15) is 5.41 Å². The van der Waals surface area contributed by atoms with Gasteiger partial charge in [-0.1, -0.05) is 24.3 Å². The molecular formula is C13H14O3. The number of allylic oxidation sites excluding steroid dienone is 4. The molecule has 0 amide bonds. The lowest BCUT2D eigenvalue weighted by atomic mass is 9.78. The number of rotatable bonds is 1. The largest absolute Gasteiger partial charge is 0.468 e. The first-order valence-electron chi connectivity index (χ1n) is 5.68. The van der Waals surface area contributed by atoms with Gasteiger partial charge in [-0.3, -0.25) is 9.59 Å². The Morgan fingerprint density at radius 2 is 2.31 bits per heavy atom. The van der Waals surface area contributed by atoms with Crippen LogP contribution in [0.15, 0.2) is 24.3 Å². The first-order valence-corrected chi connectivity index (χ1v) is 5.68. The quantitative estimate of drug-likeness (QED) is 0.496. The van der Waals surface area contributed by atoms with E-state index in [0.29, 0.717) is 6.42 Å². The van der Waals surface area contributed by atoms with Crippen molar-refractivity contribution in [3.05, 3.63) is 24.3 Å². The smallest absolute Gasteiger partial charge is 0.320 e. The molecular weight excluding hydrogens is 204 g/mol. The fourth-order valence-corrected chi connectivity index (χ4v) is 3.74. The molecule has 1 spiro atoms. The van der Waals surface area contributed by atoms with Crippen molar-refractivity contribution in [3.63, 3.8) is 0 Å². The molecule has 3 atom stereocenters. The lowest BCUT2D eigenvalue weighted by molar-refractivity contribution is -0.154. The molecule has 2 fully saturated rings. The minimum Gasteiger partial charge on any atom is -0.468 e. The maximum Gasteiger partial charge on any atom is 0.320 e. The van der Waals surface area contributed by atoms with Crippen LogP contribution in [0.5, 0.6) is 0 Å². The minimum atomic E-state index is -0.885. The van der Waals surface area contributed by atoms with Crippen LogP contribution in [-0.2, 0) is 14.3 Å². The van der Waals surface area contributed by atoms with Crippen LogP contribution in [0.1, 0.15) is 19.3 Å². The molecule has 0 bridgehead atoms. The highest BCUT2D eigenvalue weighted by Crippen LogP contribution is 2.76. The van der Waals surface area contributed by atoms with Crippen LogP contribution in [-0.4, -0.2) is 18.9 Å². The van der Waals surface area contributed by atoms with Crippen LogP contribution in [0.2, 0.25) is 0 Å². The Morgan fingerprint density at radius 1 is 1.50 bits per heavy atom. The number of ketones is 1. The molecule has 0 aliphatic heterocycles. The molecule has 16 heavy (non-hydrogen) atoms. The van der Waals surface area contributed by atoms with Gasteiger partial charge in [0, 0.05) is 17.8 Å². The third-order valence-corrected chi connectivity index (χ3v) is 4.42. The van der Waals surface area contributed by atoms with E-state index in [2.05, 4.69) is 0 Å². The van der Waals surface area contributed by atoms with E-state index in [-0.39, 0.29) is 23.1 Å². The number of hydrogen-bond acceptors (Lipinski definition) is 3. The zero-order valence-electron chi connectivity index (χ0n) is 9.23. The number of Topliss-reactive ketones (excluding diaryl/α,β-unsaturated/α-hetero) is 1. The van der Waals surface area contributed by atoms with Crippen LogP contribution in [0, 0.1) is 16.7 Å². The van der Waals surface area contributed by atoms with Crippen LogP contribution >= 0.6 is 0 Å². The van der Waals surface area contributed by atoms with Crippen LogP contribution in [0.4, 0.5) is 0 Å². The van der Waals surface area contributed by atoms with Crippen molar-refractivity contribution < 1.29 is 14.3 Å². The van der Waals surface area contributed by atoms with Gasteiger partial charge in [-0.2, -0.15) is 0 Å². The zero-order chi connectivity index (χ0) is 11.4. The first kappa shape index (κ1) is 9.82. The van der Waals surface area contributed by atoms with Gasteiger partial charge in [-0.25, -0.2) is 0 Å². The van der Waals surface area contributed by atoms with E-state index in [4.69, 9.17) is 4.74 Å². The van der Waals surface area contributed by atoms with Gasteiger partial charge in [0.25, 0.3) is 0 Å². The first-order chi connectivity index (χ1) is 7.70. The molecule has 0 saturated heterocycles. The van der Waals surface area contributed by atoms with Crippen molar-refractivity contribution in [1.29, 1.82) is 0 Å². The highest BCUT2D eigenvalue weighted by atomic mass is 16.5. The maximum absolute atomic E-state index is 12.2. The highest BCUT2D eigenvalue weighted by molar-refractivity contribution is 6.11. The maximum atomic E-state index is 12.2. The Kier molecular flexibility index (Phi) is 1.74. The Morgan fingerprint density at radius 3 is 3.06 bits per heavy atom. The summed E-state index contributed by atoms with van der Waals surface area (Å²) in [6.45, 7) is 0. The summed E-state index contributed by atoms with van der Waals surface area (Å²) >= 11 is 0. The normalized spacial score (nSPS) is 43.6. The fourth-order valence-electron chi connectivity index (χ4n) is 3.74. The molecule has 3 aliphatic carbocycles. The predicted molar refractivity (Wildman–Crippen MR) is 57.5 cm³/mol. The lowest BCUT2D eigenvalue weighted by Gasteiger charge is -2.24. The molecule has 0 N–H and O–H groups in total. The number of ether oxygens (including phenoxy) is 1. The summed E-state index contributed by atoms with van der Waals surface area (Å²) in [6.07, 6.45) is 10.2. The third-order valence-electron chi connectivity index (χ3n) is 4.42. The Labute approximate surface area is 94.2 Å².